The first kappa shape index (κ1) is 13.8. The quantitative estimate of drug-likeness (QED) is 0.803. The molecule has 100 valence electrons. The molecule has 0 aliphatic carbocycles. The van der Waals surface area contributed by atoms with Crippen LogP contribution in [0.1, 0.15) is 11.5 Å². The van der Waals surface area contributed by atoms with Crippen LogP contribution in [0.3, 0.4) is 0 Å². The van der Waals surface area contributed by atoms with Crippen LogP contribution in [0.5, 0.6) is 0 Å². The summed E-state index contributed by atoms with van der Waals surface area (Å²) in [6.45, 7) is 1.90. The van der Waals surface area contributed by atoms with Gasteiger partial charge in [-0.25, -0.2) is 4.98 Å². The number of benzene rings is 1. The molecule has 1 heterocycles. The highest BCUT2D eigenvalue weighted by molar-refractivity contribution is 9.10. The number of hydrogen-bond donors (Lipinski definition) is 3. The number of aryl methyl sites for hydroxylation is 1. The number of aromatic amines is 1. The van der Waals surface area contributed by atoms with Crippen molar-refractivity contribution in [2.24, 2.45) is 5.73 Å². The molecule has 0 radical (unpaired) electrons. The number of hydrogen-bond acceptors (Lipinski definition) is 3. The van der Waals surface area contributed by atoms with Crippen molar-refractivity contribution in [2.45, 2.75) is 19.4 Å². The van der Waals surface area contributed by atoms with Crippen molar-refractivity contribution >= 4 is 21.9 Å². The van der Waals surface area contributed by atoms with E-state index in [9.17, 15) is 4.79 Å². The van der Waals surface area contributed by atoms with Gasteiger partial charge in [0.2, 0.25) is 0 Å². The Morgan fingerprint density at radius 2 is 2.32 bits per heavy atom. The van der Waals surface area contributed by atoms with Crippen LogP contribution < -0.4 is 5.73 Å². The molecule has 2 rings (SSSR count). The maximum absolute atomic E-state index is 10.7. The number of imidazole rings is 1. The van der Waals surface area contributed by atoms with Crippen LogP contribution >= 0.6 is 15.9 Å². The highest BCUT2D eigenvalue weighted by Gasteiger charge is 2.16. The summed E-state index contributed by atoms with van der Waals surface area (Å²) in [5, 5.41) is 8.80. The zero-order valence-corrected chi connectivity index (χ0v) is 11.9. The Bertz CT molecular complexity index is 610. The van der Waals surface area contributed by atoms with E-state index >= 15 is 0 Å². The van der Waals surface area contributed by atoms with Gasteiger partial charge in [-0.15, -0.1) is 0 Å². The van der Waals surface area contributed by atoms with Gasteiger partial charge in [-0.3, -0.25) is 4.79 Å². The van der Waals surface area contributed by atoms with Crippen molar-refractivity contribution in [1.82, 2.24) is 9.97 Å². The number of carboxylic acids is 1. The summed E-state index contributed by atoms with van der Waals surface area (Å²) < 4.78 is 0.969. The lowest BCUT2D eigenvalue weighted by Gasteiger charge is -2.02. The lowest BCUT2D eigenvalue weighted by molar-refractivity contribution is -0.138. The van der Waals surface area contributed by atoms with Gasteiger partial charge in [0.1, 0.15) is 11.9 Å². The Hall–Kier alpha value is -1.66. The Morgan fingerprint density at radius 3 is 2.95 bits per heavy atom. The molecule has 0 amide bonds. The van der Waals surface area contributed by atoms with Gasteiger partial charge in [-0.05, 0) is 19.1 Å². The van der Waals surface area contributed by atoms with Gasteiger partial charge in [-0.2, -0.15) is 0 Å². The molecular formula is C13H14BrN3O2. The number of aromatic nitrogens is 2. The van der Waals surface area contributed by atoms with E-state index in [1.54, 1.807) is 0 Å². The van der Waals surface area contributed by atoms with Crippen LogP contribution in [0.4, 0.5) is 0 Å². The van der Waals surface area contributed by atoms with E-state index in [2.05, 4.69) is 25.9 Å². The number of rotatable bonds is 4. The number of H-pyrrole nitrogens is 1. The fourth-order valence-corrected chi connectivity index (χ4v) is 2.23. The molecule has 1 atom stereocenters. The summed E-state index contributed by atoms with van der Waals surface area (Å²) in [5.74, 6) is -0.444. The van der Waals surface area contributed by atoms with Crippen molar-refractivity contribution in [3.05, 3.63) is 40.3 Å². The minimum absolute atomic E-state index is 0.185. The topological polar surface area (TPSA) is 92.0 Å². The number of nitrogens with one attached hydrogen (secondary N) is 1. The van der Waals surface area contributed by atoms with Gasteiger partial charge < -0.3 is 15.8 Å². The fraction of sp³-hybridized carbons (Fsp3) is 0.231. The molecule has 0 fully saturated rings. The van der Waals surface area contributed by atoms with Crippen LogP contribution in [-0.2, 0) is 11.2 Å². The van der Waals surface area contributed by atoms with Crippen LogP contribution in [0.25, 0.3) is 11.3 Å². The third-order valence-electron chi connectivity index (χ3n) is 2.76. The zero-order valence-electron chi connectivity index (χ0n) is 10.4. The van der Waals surface area contributed by atoms with E-state index in [-0.39, 0.29) is 6.42 Å². The predicted molar refractivity (Wildman–Crippen MR) is 75.8 cm³/mol. The Labute approximate surface area is 119 Å². The number of aliphatic carboxylic acids is 1. The Kier molecular flexibility index (Phi) is 4.01. The standard InChI is InChI=1S/C13H14BrN3O2/c1-7-12(8-3-2-4-9(14)5-8)17-11(16-7)6-10(15)13(18)19/h2-5,10H,6,15H2,1H3,(H,16,17)(H,18,19). The predicted octanol–water partition coefficient (Wildman–Crippen LogP) is 2.10. The van der Waals surface area contributed by atoms with Crippen LogP contribution in [0.2, 0.25) is 0 Å². The van der Waals surface area contributed by atoms with Crippen LogP contribution in [-0.4, -0.2) is 27.1 Å². The van der Waals surface area contributed by atoms with E-state index < -0.39 is 12.0 Å². The molecule has 1 unspecified atom stereocenters. The van der Waals surface area contributed by atoms with Crippen LogP contribution in [0.15, 0.2) is 28.7 Å². The molecule has 0 saturated carbocycles. The molecule has 19 heavy (non-hydrogen) atoms. The third-order valence-corrected chi connectivity index (χ3v) is 3.26. The number of halogens is 1. The number of carboxylic acid groups (broad SMARTS) is 1. The minimum Gasteiger partial charge on any atom is -0.480 e. The molecule has 1 aromatic heterocycles. The SMILES string of the molecule is Cc1[nH]c(CC(N)C(=O)O)nc1-c1cccc(Br)c1. The normalized spacial score (nSPS) is 12.4. The number of nitrogens with two attached hydrogens (primary N) is 1. The highest BCUT2D eigenvalue weighted by Crippen LogP contribution is 2.24. The molecular weight excluding hydrogens is 310 g/mol. The molecule has 0 aliphatic rings. The van der Waals surface area contributed by atoms with Crippen molar-refractivity contribution in [2.75, 3.05) is 0 Å². The lowest BCUT2D eigenvalue weighted by atomic mass is 10.1. The Morgan fingerprint density at radius 1 is 1.58 bits per heavy atom. The summed E-state index contributed by atoms with van der Waals surface area (Å²) in [5.41, 5.74) is 8.18. The second kappa shape index (κ2) is 5.54. The molecule has 4 N–H and O–H groups in total. The first-order valence-electron chi connectivity index (χ1n) is 5.77. The Balaban J connectivity index is 2.29. The highest BCUT2D eigenvalue weighted by atomic mass is 79.9. The average molecular weight is 324 g/mol. The number of carbonyl (C=O) groups is 1. The van der Waals surface area contributed by atoms with Crippen molar-refractivity contribution < 1.29 is 9.90 Å². The zero-order chi connectivity index (χ0) is 14.0. The fourth-order valence-electron chi connectivity index (χ4n) is 1.83. The van der Waals surface area contributed by atoms with E-state index in [4.69, 9.17) is 10.8 Å². The van der Waals surface area contributed by atoms with Crippen molar-refractivity contribution in [3.8, 4) is 11.3 Å². The lowest BCUT2D eigenvalue weighted by Crippen LogP contribution is -2.32. The molecule has 5 nitrogen and oxygen atoms in total. The van der Waals surface area contributed by atoms with E-state index in [0.29, 0.717) is 5.82 Å². The van der Waals surface area contributed by atoms with Gasteiger partial charge in [-0.1, -0.05) is 28.1 Å². The monoisotopic (exact) mass is 323 g/mol. The van der Waals surface area contributed by atoms with Gasteiger partial charge in [0, 0.05) is 22.2 Å². The number of nitrogens with zero attached hydrogens (tertiary/aromatic N) is 1. The van der Waals surface area contributed by atoms with Gasteiger partial charge in [0.25, 0.3) is 0 Å². The molecule has 0 spiro atoms. The van der Waals surface area contributed by atoms with Crippen molar-refractivity contribution in [3.63, 3.8) is 0 Å². The maximum atomic E-state index is 10.7. The van der Waals surface area contributed by atoms with Crippen LogP contribution in [0, 0.1) is 6.92 Å². The molecule has 0 bridgehead atoms. The van der Waals surface area contributed by atoms with Gasteiger partial charge in [0.05, 0.1) is 5.69 Å². The second-order valence-corrected chi connectivity index (χ2v) is 5.23. The molecule has 0 saturated heterocycles. The summed E-state index contributed by atoms with van der Waals surface area (Å²) in [4.78, 5) is 18.2. The van der Waals surface area contributed by atoms with Crippen molar-refractivity contribution in [1.29, 1.82) is 0 Å². The summed E-state index contributed by atoms with van der Waals surface area (Å²) in [7, 11) is 0. The molecule has 2 aromatic rings. The van der Waals surface area contributed by atoms with E-state index in [1.165, 1.54) is 0 Å². The first-order valence-corrected chi connectivity index (χ1v) is 6.56. The summed E-state index contributed by atoms with van der Waals surface area (Å²) in [6, 6.07) is 6.84. The minimum atomic E-state index is -1.03. The summed E-state index contributed by atoms with van der Waals surface area (Å²) >= 11 is 3.41. The van der Waals surface area contributed by atoms with E-state index in [1.807, 2.05) is 31.2 Å². The third kappa shape index (κ3) is 3.21. The van der Waals surface area contributed by atoms with Gasteiger partial charge in [0.15, 0.2) is 0 Å². The smallest absolute Gasteiger partial charge is 0.320 e. The van der Waals surface area contributed by atoms with E-state index in [0.717, 1.165) is 21.4 Å². The van der Waals surface area contributed by atoms with Gasteiger partial charge >= 0.3 is 5.97 Å². The maximum Gasteiger partial charge on any atom is 0.320 e. The average Bonchev–Trinajstić information content (AvgIpc) is 2.70. The first-order chi connectivity index (χ1) is 8.97. The molecule has 1 aromatic carbocycles. The summed E-state index contributed by atoms with van der Waals surface area (Å²) in [6.07, 6.45) is 0.185. The largest absolute Gasteiger partial charge is 0.480 e. The molecule has 0 aliphatic heterocycles. The second-order valence-electron chi connectivity index (χ2n) is 4.32. The molecule has 6 heteroatoms.